The van der Waals surface area contributed by atoms with Crippen LogP contribution >= 0.6 is 0 Å². The molecule has 2 N–H and O–H groups in total. The Balaban J connectivity index is 1.67. The molecular weight excluding hydrogens is 240 g/mol. The number of sulfone groups is 1. The maximum atomic E-state index is 11.6. The highest BCUT2D eigenvalue weighted by molar-refractivity contribution is 7.91. The highest BCUT2D eigenvalue weighted by Gasteiger charge is 2.28. The van der Waals surface area contributed by atoms with E-state index in [1.807, 2.05) is 0 Å². The molecule has 98 valence electrons. The van der Waals surface area contributed by atoms with E-state index in [1.165, 1.54) is 0 Å². The molecule has 0 saturated carbocycles. The van der Waals surface area contributed by atoms with Crippen molar-refractivity contribution < 1.29 is 13.2 Å². The highest BCUT2D eigenvalue weighted by Crippen LogP contribution is 2.15. The second-order valence-electron chi connectivity index (χ2n) is 5.06. The van der Waals surface area contributed by atoms with Crippen LogP contribution in [-0.4, -0.2) is 45.0 Å². The van der Waals surface area contributed by atoms with Crippen molar-refractivity contribution in [1.29, 1.82) is 0 Å². The first-order valence-corrected chi connectivity index (χ1v) is 8.08. The number of carbonyl (C=O) groups is 1. The molecule has 1 amide bonds. The van der Waals surface area contributed by atoms with Gasteiger partial charge in [-0.3, -0.25) is 4.79 Å². The minimum absolute atomic E-state index is 0.000926. The highest BCUT2D eigenvalue weighted by atomic mass is 32.2. The van der Waals surface area contributed by atoms with Gasteiger partial charge in [0.15, 0.2) is 9.84 Å². The summed E-state index contributed by atoms with van der Waals surface area (Å²) in [5.41, 5.74) is 0. The van der Waals surface area contributed by atoms with E-state index in [9.17, 15) is 13.2 Å². The van der Waals surface area contributed by atoms with Gasteiger partial charge in [0.25, 0.3) is 0 Å². The van der Waals surface area contributed by atoms with Crippen LogP contribution in [0.15, 0.2) is 0 Å². The SMILES string of the molecule is O=C(CCC1CCNC1)NC1CCS(=O)(=O)C1. The summed E-state index contributed by atoms with van der Waals surface area (Å²) in [7, 11) is -2.90. The van der Waals surface area contributed by atoms with Crippen LogP contribution < -0.4 is 10.6 Å². The molecule has 0 aliphatic carbocycles. The summed E-state index contributed by atoms with van der Waals surface area (Å²) in [6.45, 7) is 2.05. The van der Waals surface area contributed by atoms with Crippen LogP contribution in [-0.2, 0) is 14.6 Å². The average Bonchev–Trinajstić information content (AvgIpc) is 2.85. The van der Waals surface area contributed by atoms with E-state index < -0.39 is 9.84 Å². The van der Waals surface area contributed by atoms with E-state index in [2.05, 4.69) is 10.6 Å². The third kappa shape index (κ3) is 3.96. The molecule has 0 aromatic carbocycles. The van der Waals surface area contributed by atoms with Gasteiger partial charge in [0.2, 0.25) is 5.91 Å². The Labute approximate surface area is 102 Å². The maximum absolute atomic E-state index is 11.6. The van der Waals surface area contributed by atoms with Crippen LogP contribution in [0.25, 0.3) is 0 Å². The Morgan fingerprint density at radius 2 is 2.18 bits per heavy atom. The fourth-order valence-electron chi connectivity index (χ4n) is 2.50. The molecule has 2 fully saturated rings. The molecule has 0 bridgehead atoms. The van der Waals surface area contributed by atoms with Crippen molar-refractivity contribution in [2.24, 2.45) is 5.92 Å². The zero-order valence-electron chi connectivity index (χ0n) is 9.94. The number of hydrogen-bond donors (Lipinski definition) is 2. The first-order valence-electron chi connectivity index (χ1n) is 6.26. The van der Waals surface area contributed by atoms with Gasteiger partial charge in [0.05, 0.1) is 11.5 Å². The molecule has 0 radical (unpaired) electrons. The summed E-state index contributed by atoms with van der Waals surface area (Å²) in [5, 5.41) is 6.09. The quantitative estimate of drug-likeness (QED) is 0.726. The van der Waals surface area contributed by atoms with Crippen LogP contribution in [0, 0.1) is 5.92 Å². The molecule has 2 atom stereocenters. The number of hydrogen-bond acceptors (Lipinski definition) is 4. The normalized spacial score (nSPS) is 31.5. The molecular formula is C11H20N2O3S. The summed E-state index contributed by atoms with van der Waals surface area (Å²) in [6.07, 6.45) is 3.13. The van der Waals surface area contributed by atoms with Crippen molar-refractivity contribution >= 4 is 15.7 Å². The van der Waals surface area contributed by atoms with Gasteiger partial charge in [-0.15, -0.1) is 0 Å². The topological polar surface area (TPSA) is 75.3 Å². The lowest BCUT2D eigenvalue weighted by Gasteiger charge is -2.12. The second-order valence-corrected chi connectivity index (χ2v) is 7.29. The fraction of sp³-hybridized carbons (Fsp3) is 0.909. The molecule has 6 heteroatoms. The lowest BCUT2D eigenvalue weighted by Crippen LogP contribution is -2.35. The maximum Gasteiger partial charge on any atom is 0.220 e. The first-order chi connectivity index (χ1) is 8.05. The minimum Gasteiger partial charge on any atom is -0.352 e. The largest absolute Gasteiger partial charge is 0.352 e. The van der Waals surface area contributed by atoms with Crippen molar-refractivity contribution in [3.05, 3.63) is 0 Å². The van der Waals surface area contributed by atoms with Crippen molar-refractivity contribution in [2.75, 3.05) is 24.6 Å². The zero-order valence-corrected chi connectivity index (χ0v) is 10.8. The Kier molecular flexibility index (Phi) is 4.04. The van der Waals surface area contributed by atoms with E-state index in [-0.39, 0.29) is 23.5 Å². The summed E-state index contributed by atoms with van der Waals surface area (Å²) in [4.78, 5) is 11.6. The molecule has 17 heavy (non-hydrogen) atoms. The van der Waals surface area contributed by atoms with E-state index in [4.69, 9.17) is 0 Å². The predicted octanol–water partition coefficient (Wildman–Crippen LogP) is -0.321. The first kappa shape index (κ1) is 12.8. The van der Waals surface area contributed by atoms with Crippen LogP contribution in [0.2, 0.25) is 0 Å². The molecule has 0 aromatic heterocycles. The monoisotopic (exact) mass is 260 g/mol. The summed E-state index contributed by atoms with van der Waals surface area (Å²) < 4.78 is 22.5. The van der Waals surface area contributed by atoms with Gasteiger partial charge >= 0.3 is 0 Å². The van der Waals surface area contributed by atoms with Gasteiger partial charge < -0.3 is 10.6 Å². The van der Waals surface area contributed by atoms with Crippen molar-refractivity contribution in [3.63, 3.8) is 0 Å². The third-order valence-electron chi connectivity index (χ3n) is 3.54. The molecule has 0 spiro atoms. The Morgan fingerprint density at radius 1 is 1.35 bits per heavy atom. The molecule has 2 aliphatic rings. The standard InChI is InChI=1S/C11H20N2O3S/c14-11(2-1-9-3-5-12-7-9)13-10-4-6-17(15,16)8-10/h9-10,12H,1-8H2,(H,13,14). The molecule has 0 aromatic rings. The van der Waals surface area contributed by atoms with Crippen LogP contribution in [0.4, 0.5) is 0 Å². The smallest absolute Gasteiger partial charge is 0.220 e. The number of rotatable bonds is 4. The van der Waals surface area contributed by atoms with Crippen molar-refractivity contribution in [1.82, 2.24) is 10.6 Å². The molecule has 2 rings (SSSR count). The molecule has 5 nitrogen and oxygen atoms in total. The summed E-state index contributed by atoms with van der Waals surface area (Å²) in [6, 6.07) is -0.158. The number of carbonyl (C=O) groups excluding carboxylic acids is 1. The van der Waals surface area contributed by atoms with Crippen LogP contribution in [0.3, 0.4) is 0 Å². The van der Waals surface area contributed by atoms with E-state index in [0.717, 1.165) is 25.9 Å². The summed E-state index contributed by atoms with van der Waals surface area (Å²) >= 11 is 0. The third-order valence-corrected chi connectivity index (χ3v) is 5.31. The van der Waals surface area contributed by atoms with Crippen LogP contribution in [0.5, 0.6) is 0 Å². The predicted molar refractivity (Wildman–Crippen MR) is 65.4 cm³/mol. The van der Waals surface area contributed by atoms with E-state index in [0.29, 0.717) is 18.8 Å². The number of nitrogens with one attached hydrogen (secondary N) is 2. The lowest BCUT2D eigenvalue weighted by molar-refractivity contribution is -0.121. The molecule has 2 unspecified atom stereocenters. The molecule has 2 saturated heterocycles. The van der Waals surface area contributed by atoms with Gasteiger partial charge in [0, 0.05) is 12.5 Å². The molecule has 2 heterocycles. The molecule has 2 aliphatic heterocycles. The van der Waals surface area contributed by atoms with Crippen LogP contribution in [0.1, 0.15) is 25.7 Å². The Hall–Kier alpha value is -0.620. The fourth-order valence-corrected chi connectivity index (χ4v) is 4.18. The van der Waals surface area contributed by atoms with Gasteiger partial charge in [-0.05, 0) is 38.3 Å². The van der Waals surface area contributed by atoms with Crippen molar-refractivity contribution in [2.45, 2.75) is 31.7 Å². The zero-order chi connectivity index (χ0) is 12.3. The summed E-state index contributed by atoms with van der Waals surface area (Å²) in [5.74, 6) is 0.931. The average molecular weight is 260 g/mol. The van der Waals surface area contributed by atoms with E-state index >= 15 is 0 Å². The number of amides is 1. The minimum atomic E-state index is -2.90. The second kappa shape index (κ2) is 5.35. The van der Waals surface area contributed by atoms with E-state index in [1.54, 1.807) is 0 Å². The van der Waals surface area contributed by atoms with Gasteiger partial charge in [-0.2, -0.15) is 0 Å². The van der Waals surface area contributed by atoms with Gasteiger partial charge in [0.1, 0.15) is 0 Å². The Morgan fingerprint density at radius 3 is 2.76 bits per heavy atom. The van der Waals surface area contributed by atoms with Gasteiger partial charge in [-0.25, -0.2) is 8.42 Å². The lowest BCUT2D eigenvalue weighted by atomic mass is 10.0. The Bertz CT molecular complexity index is 374. The van der Waals surface area contributed by atoms with Crippen molar-refractivity contribution in [3.8, 4) is 0 Å². The van der Waals surface area contributed by atoms with Gasteiger partial charge in [-0.1, -0.05) is 0 Å².